The number of terminal acetylenes is 1. The molecule has 3 aliphatic rings. The minimum Gasteiger partial charge on any atom is -0.378 e. The molecule has 0 radical (unpaired) electrons. The lowest BCUT2D eigenvalue weighted by Crippen LogP contribution is -2.47. The number of hydrogen-bond acceptors (Lipinski definition) is 13. The minimum absolute atomic E-state index is 0.206. The van der Waals surface area contributed by atoms with Crippen LogP contribution in [0.25, 0.3) is 5.65 Å². The largest absolute Gasteiger partial charge is 0.378 e. The number of nitrogens with one attached hydrogen (secondary N) is 2. The zero-order valence-corrected chi connectivity index (χ0v) is 37.4. The van der Waals surface area contributed by atoms with Gasteiger partial charge in [-0.3, -0.25) is 14.4 Å². The Balaban J connectivity index is 0.875. The van der Waals surface area contributed by atoms with Gasteiger partial charge in [0.15, 0.2) is 5.65 Å². The molecule has 2 atom stereocenters. The fraction of sp³-hybridized carbons (Fsp3) is 0.651. The lowest BCUT2D eigenvalue weighted by molar-refractivity contribution is -0.00258. The van der Waals surface area contributed by atoms with Crippen LogP contribution in [0, 0.1) is 19.3 Å². The van der Waals surface area contributed by atoms with Crippen LogP contribution in [0.15, 0.2) is 30.5 Å². The molecule has 6 rings (SSSR count). The number of piperazine rings is 1. The maximum Gasteiger partial charge on any atom is 0.256 e. The molecular formula is C43H64ClN9O7S. The number of carbonyl (C=O) groups excluding carboxylic acids is 1. The molecule has 0 bridgehead atoms. The standard InChI is InChI=1S/C43H64ClN9O7S/c1-4-22-57-24-26-59-28-29-60-27-25-58-23-21-50-19-17-49(18-20-50)14-8-6-13-45-36-12-16-51(33-36)42-34(2)32-53-41(46-42)31-39(47-53)40-9-5-7-15-52(40)43(54)37-30-35(44)10-11-38(37)48-61(3,55)56/h1,10-11,30-32,36,40,45,48H,5-9,12-29,33H2,2-3H3/t36-,40?/m0/s1. The van der Waals surface area contributed by atoms with Gasteiger partial charge in [-0.1, -0.05) is 17.5 Å². The van der Waals surface area contributed by atoms with Crippen molar-refractivity contribution in [3.8, 4) is 12.3 Å². The number of anilines is 2. The van der Waals surface area contributed by atoms with E-state index >= 15 is 0 Å². The second-order valence-corrected chi connectivity index (χ2v) is 18.2. The van der Waals surface area contributed by atoms with Gasteiger partial charge in [-0.25, -0.2) is 17.9 Å². The fourth-order valence-electron chi connectivity index (χ4n) is 8.23. The maximum absolute atomic E-state index is 14.0. The van der Waals surface area contributed by atoms with Gasteiger partial charge in [0.2, 0.25) is 10.0 Å². The first kappa shape index (κ1) is 46.9. The van der Waals surface area contributed by atoms with Crippen LogP contribution in [0.5, 0.6) is 0 Å². The third-order valence-corrected chi connectivity index (χ3v) is 12.2. The van der Waals surface area contributed by atoms with E-state index < -0.39 is 10.0 Å². The highest BCUT2D eigenvalue weighted by Gasteiger charge is 2.33. The summed E-state index contributed by atoms with van der Waals surface area (Å²) in [4.78, 5) is 28.3. The third-order valence-electron chi connectivity index (χ3n) is 11.4. The maximum atomic E-state index is 14.0. The fourth-order valence-corrected chi connectivity index (χ4v) is 8.98. The molecule has 3 saturated heterocycles. The third kappa shape index (κ3) is 14.5. The minimum atomic E-state index is -3.61. The summed E-state index contributed by atoms with van der Waals surface area (Å²) >= 11 is 6.28. The summed E-state index contributed by atoms with van der Waals surface area (Å²) in [6.45, 7) is 16.2. The number of unbranched alkanes of at least 4 members (excludes halogenated alkanes) is 1. The zero-order valence-electron chi connectivity index (χ0n) is 35.9. The Labute approximate surface area is 366 Å². The Hall–Kier alpha value is -3.57. The molecule has 2 aromatic heterocycles. The van der Waals surface area contributed by atoms with Gasteiger partial charge in [-0.15, -0.1) is 6.42 Å². The van der Waals surface area contributed by atoms with Crippen LogP contribution in [0.2, 0.25) is 5.02 Å². The van der Waals surface area contributed by atoms with Crippen LogP contribution in [-0.4, -0.2) is 174 Å². The van der Waals surface area contributed by atoms with Crippen LogP contribution < -0.4 is 14.9 Å². The number of nitrogens with zero attached hydrogens (tertiary/aromatic N) is 7. The molecule has 3 aliphatic heterocycles. The quantitative estimate of drug-likeness (QED) is 0.0994. The Morgan fingerprint density at radius 2 is 1.61 bits per heavy atom. The van der Waals surface area contributed by atoms with Crippen molar-refractivity contribution in [1.82, 2.24) is 34.6 Å². The summed E-state index contributed by atoms with van der Waals surface area (Å²) in [5, 5.41) is 9.06. The molecule has 5 heterocycles. The number of aromatic nitrogens is 3. The van der Waals surface area contributed by atoms with Crippen molar-refractivity contribution in [3.05, 3.63) is 52.3 Å². The number of ether oxygens (including phenoxy) is 4. The Morgan fingerprint density at radius 3 is 2.33 bits per heavy atom. The van der Waals surface area contributed by atoms with Gasteiger partial charge in [0.25, 0.3) is 5.91 Å². The van der Waals surface area contributed by atoms with Gasteiger partial charge in [0.05, 0.1) is 75.5 Å². The molecule has 1 aromatic carbocycles. The molecule has 61 heavy (non-hydrogen) atoms. The van der Waals surface area contributed by atoms with Gasteiger partial charge in [-0.2, -0.15) is 5.10 Å². The van der Waals surface area contributed by atoms with Crippen LogP contribution in [-0.2, 0) is 29.0 Å². The summed E-state index contributed by atoms with van der Waals surface area (Å²) in [5.74, 6) is 3.10. The van der Waals surface area contributed by atoms with Crippen LogP contribution >= 0.6 is 11.6 Å². The highest BCUT2D eigenvalue weighted by atomic mass is 35.5. The molecule has 3 aromatic rings. The normalized spacial score (nSPS) is 19.2. The van der Waals surface area contributed by atoms with Crippen LogP contribution in [0.1, 0.15) is 66.2 Å². The van der Waals surface area contributed by atoms with Crippen LogP contribution in [0.4, 0.5) is 11.5 Å². The lowest BCUT2D eigenvalue weighted by atomic mass is 9.98. The first-order valence-corrected chi connectivity index (χ1v) is 24.0. The number of carbonyl (C=O) groups is 1. The summed E-state index contributed by atoms with van der Waals surface area (Å²) in [5.41, 5.74) is 2.97. The lowest BCUT2D eigenvalue weighted by Gasteiger charge is -2.35. The van der Waals surface area contributed by atoms with E-state index in [-0.39, 0.29) is 23.2 Å². The van der Waals surface area contributed by atoms with E-state index in [4.69, 9.17) is 47.1 Å². The number of likely N-dealkylation sites (tertiary alicyclic amines) is 1. The summed E-state index contributed by atoms with van der Waals surface area (Å²) < 4.78 is 50.4. The van der Waals surface area contributed by atoms with Gasteiger partial charge >= 0.3 is 0 Å². The highest BCUT2D eigenvalue weighted by molar-refractivity contribution is 7.92. The molecule has 0 saturated carbocycles. The zero-order chi connectivity index (χ0) is 43.0. The van der Waals surface area contributed by atoms with Crippen molar-refractivity contribution in [2.45, 2.75) is 57.5 Å². The Bertz CT molecular complexity index is 2010. The molecule has 18 heteroatoms. The number of halogens is 1. The van der Waals surface area contributed by atoms with Crippen molar-refractivity contribution in [2.24, 2.45) is 0 Å². The topological polar surface area (TPSA) is 155 Å². The van der Waals surface area contributed by atoms with Gasteiger partial charge in [0.1, 0.15) is 12.4 Å². The van der Waals surface area contributed by atoms with Crippen molar-refractivity contribution in [2.75, 3.05) is 134 Å². The number of sulfonamides is 1. The van der Waals surface area contributed by atoms with Crippen LogP contribution in [0.3, 0.4) is 0 Å². The van der Waals surface area contributed by atoms with E-state index in [9.17, 15) is 13.2 Å². The molecule has 16 nitrogen and oxygen atoms in total. The summed E-state index contributed by atoms with van der Waals surface area (Å²) in [6, 6.07) is 6.73. The van der Waals surface area contributed by atoms with E-state index in [0.717, 1.165) is 127 Å². The molecule has 1 amide bonds. The molecule has 336 valence electrons. The average molecular weight is 887 g/mol. The number of amides is 1. The first-order chi connectivity index (χ1) is 29.6. The molecule has 1 unspecified atom stereocenters. The van der Waals surface area contributed by atoms with E-state index in [1.165, 1.54) is 18.6 Å². The van der Waals surface area contributed by atoms with Crippen molar-refractivity contribution >= 4 is 44.7 Å². The van der Waals surface area contributed by atoms with Gasteiger partial charge < -0.3 is 39.0 Å². The van der Waals surface area contributed by atoms with E-state index in [0.29, 0.717) is 63.9 Å². The molecule has 0 aliphatic carbocycles. The summed E-state index contributed by atoms with van der Waals surface area (Å²) in [6.07, 6.45) is 14.1. The smallest absolute Gasteiger partial charge is 0.256 e. The highest BCUT2D eigenvalue weighted by Crippen LogP contribution is 2.34. The van der Waals surface area contributed by atoms with Crippen molar-refractivity contribution in [3.63, 3.8) is 0 Å². The van der Waals surface area contributed by atoms with Gasteiger partial charge in [0, 0.05) is 81.2 Å². The van der Waals surface area contributed by atoms with Crippen molar-refractivity contribution in [1.29, 1.82) is 0 Å². The number of fused-ring (bicyclic) bond motifs is 1. The first-order valence-electron chi connectivity index (χ1n) is 21.7. The molecular weight excluding hydrogens is 822 g/mol. The molecule has 3 fully saturated rings. The number of rotatable bonds is 24. The Morgan fingerprint density at radius 1 is 0.902 bits per heavy atom. The number of aryl methyl sites for hydroxylation is 1. The van der Waals surface area contributed by atoms with E-state index in [1.807, 2.05) is 16.8 Å². The van der Waals surface area contributed by atoms with E-state index in [2.05, 4.69) is 37.6 Å². The van der Waals surface area contributed by atoms with Crippen molar-refractivity contribution < 1.29 is 32.2 Å². The molecule has 0 spiro atoms. The predicted molar refractivity (Wildman–Crippen MR) is 238 cm³/mol. The average Bonchev–Trinajstić information content (AvgIpc) is 3.89. The number of piperidine rings is 1. The predicted octanol–water partition coefficient (Wildman–Crippen LogP) is 3.70. The second kappa shape index (κ2) is 23.8. The Kier molecular flexibility index (Phi) is 18.3. The second-order valence-electron chi connectivity index (χ2n) is 16.1. The SMILES string of the molecule is C#CCOCCOCCOCCOCCN1CCN(CCCCN[C@H]2CCN(c3nc4cc(C5CCCCN5C(=O)c5cc(Cl)ccc5NS(C)(=O)=O)nn4cc3C)C2)CC1. The monoisotopic (exact) mass is 885 g/mol. The number of benzene rings is 1. The molecule has 2 N–H and O–H groups in total. The van der Waals surface area contributed by atoms with Gasteiger partial charge in [-0.05, 0) is 76.7 Å². The number of hydrogen-bond donors (Lipinski definition) is 2. The van der Waals surface area contributed by atoms with E-state index in [1.54, 1.807) is 11.0 Å². The summed E-state index contributed by atoms with van der Waals surface area (Å²) in [7, 11) is -3.61.